The predicted molar refractivity (Wildman–Crippen MR) is 113 cm³/mol. The van der Waals surface area contributed by atoms with Crippen molar-refractivity contribution in [2.75, 3.05) is 18.0 Å². The molecule has 1 aliphatic rings. The Labute approximate surface area is 171 Å². The van der Waals surface area contributed by atoms with E-state index in [0.717, 1.165) is 43.1 Å². The van der Waals surface area contributed by atoms with E-state index in [-0.39, 0.29) is 11.9 Å². The maximum atomic E-state index is 9.50. The van der Waals surface area contributed by atoms with E-state index in [0.29, 0.717) is 5.69 Å². The summed E-state index contributed by atoms with van der Waals surface area (Å²) in [4.78, 5) is 2.23. The van der Waals surface area contributed by atoms with Crippen LogP contribution in [-0.4, -0.2) is 34.5 Å². The van der Waals surface area contributed by atoms with Gasteiger partial charge in [0.15, 0.2) is 5.82 Å². The number of anilines is 1. The highest BCUT2D eigenvalue weighted by atomic mass is 16.5. The molecule has 1 fully saturated rings. The van der Waals surface area contributed by atoms with Gasteiger partial charge in [0.05, 0.1) is 0 Å². The van der Waals surface area contributed by atoms with E-state index in [4.69, 9.17) is 4.74 Å². The fourth-order valence-electron chi connectivity index (χ4n) is 3.35. The minimum Gasteiger partial charge on any atom is -0.508 e. The standard InChI is InChI=1S/C24H23N3O2/c1-18-5-2-3-8-23(18)29-22-13-15-27(16-14-22)24-12-11-20(25-26-24)10-9-19-6-4-7-21(28)17-19/h2-8,11-12,17,22,28H,13-16H2,1H3. The van der Waals surface area contributed by atoms with Crippen molar-refractivity contribution >= 4 is 5.82 Å². The third kappa shape index (κ3) is 4.85. The van der Waals surface area contributed by atoms with Gasteiger partial charge in [-0.05, 0) is 54.8 Å². The highest BCUT2D eigenvalue weighted by molar-refractivity contribution is 5.45. The minimum atomic E-state index is 0.202. The molecule has 3 aromatic rings. The number of phenols is 1. The highest BCUT2D eigenvalue weighted by Crippen LogP contribution is 2.24. The Bertz CT molecular complexity index is 1030. The van der Waals surface area contributed by atoms with Crippen LogP contribution >= 0.6 is 0 Å². The summed E-state index contributed by atoms with van der Waals surface area (Å²) in [6.45, 7) is 3.85. The molecule has 2 heterocycles. The number of piperidine rings is 1. The maximum Gasteiger partial charge on any atom is 0.151 e. The fourth-order valence-corrected chi connectivity index (χ4v) is 3.35. The molecular weight excluding hydrogens is 362 g/mol. The Morgan fingerprint density at radius 1 is 0.966 bits per heavy atom. The summed E-state index contributed by atoms with van der Waals surface area (Å²) in [6.07, 6.45) is 2.14. The molecule has 0 unspecified atom stereocenters. The Kier molecular flexibility index (Phi) is 5.62. The van der Waals surface area contributed by atoms with Gasteiger partial charge in [0.1, 0.15) is 23.3 Å². The summed E-state index contributed by atoms with van der Waals surface area (Å²) in [5.41, 5.74) is 2.52. The molecule has 2 aromatic carbocycles. The first-order valence-electron chi connectivity index (χ1n) is 9.79. The summed E-state index contributed by atoms with van der Waals surface area (Å²) in [6, 6.07) is 18.8. The third-order valence-corrected chi connectivity index (χ3v) is 4.98. The van der Waals surface area contributed by atoms with Crippen LogP contribution in [0, 0.1) is 18.8 Å². The van der Waals surface area contributed by atoms with Crippen molar-refractivity contribution < 1.29 is 9.84 Å². The number of aryl methyl sites for hydroxylation is 1. The van der Waals surface area contributed by atoms with Gasteiger partial charge in [0, 0.05) is 31.5 Å². The van der Waals surface area contributed by atoms with Crippen molar-refractivity contribution in [3.63, 3.8) is 0 Å². The molecule has 0 radical (unpaired) electrons. The van der Waals surface area contributed by atoms with Gasteiger partial charge < -0.3 is 14.7 Å². The molecule has 0 saturated carbocycles. The first kappa shape index (κ1) is 18.8. The molecule has 146 valence electrons. The zero-order valence-corrected chi connectivity index (χ0v) is 16.4. The summed E-state index contributed by atoms with van der Waals surface area (Å²) < 4.78 is 6.17. The van der Waals surface area contributed by atoms with Crippen LogP contribution in [0.25, 0.3) is 0 Å². The van der Waals surface area contributed by atoms with Gasteiger partial charge in [-0.15, -0.1) is 10.2 Å². The Hall–Kier alpha value is -3.52. The number of hydrogen-bond acceptors (Lipinski definition) is 5. The number of aromatic nitrogens is 2. The van der Waals surface area contributed by atoms with Gasteiger partial charge in [-0.2, -0.15) is 0 Å². The zero-order valence-electron chi connectivity index (χ0n) is 16.4. The van der Waals surface area contributed by atoms with Crippen LogP contribution in [0.4, 0.5) is 5.82 Å². The van der Waals surface area contributed by atoms with E-state index < -0.39 is 0 Å². The second kappa shape index (κ2) is 8.66. The first-order valence-corrected chi connectivity index (χ1v) is 9.79. The molecule has 5 heteroatoms. The number of rotatable bonds is 3. The van der Waals surface area contributed by atoms with Crippen molar-refractivity contribution in [3.05, 3.63) is 77.5 Å². The molecule has 0 bridgehead atoms. The van der Waals surface area contributed by atoms with Gasteiger partial charge in [0.2, 0.25) is 0 Å². The van der Waals surface area contributed by atoms with Crippen LogP contribution in [0.5, 0.6) is 11.5 Å². The number of nitrogens with zero attached hydrogens (tertiary/aromatic N) is 3. The molecule has 0 aliphatic carbocycles. The number of ether oxygens (including phenoxy) is 1. The average Bonchev–Trinajstić information content (AvgIpc) is 2.75. The molecule has 29 heavy (non-hydrogen) atoms. The second-order valence-corrected chi connectivity index (χ2v) is 7.15. The van der Waals surface area contributed by atoms with E-state index in [9.17, 15) is 5.11 Å². The van der Waals surface area contributed by atoms with Crippen LogP contribution in [0.15, 0.2) is 60.7 Å². The highest BCUT2D eigenvalue weighted by Gasteiger charge is 2.22. The van der Waals surface area contributed by atoms with Crippen molar-refractivity contribution in [1.29, 1.82) is 0 Å². The average molecular weight is 385 g/mol. The predicted octanol–water partition coefficient (Wildman–Crippen LogP) is 3.94. The molecule has 1 aromatic heterocycles. The lowest BCUT2D eigenvalue weighted by molar-refractivity contribution is 0.169. The number of hydrogen-bond donors (Lipinski definition) is 1. The normalized spacial score (nSPS) is 14.2. The van der Waals surface area contributed by atoms with Gasteiger partial charge in [-0.25, -0.2) is 0 Å². The van der Waals surface area contributed by atoms with Crippen LogP contribution in [-0.2, 0) is 0 Å². The Morgan fingerprint density at radius 2 is 1.79 bits per heavy atom. The number of phenolic OH excluding ortho intramolecular Hbond substituents is 1. The van der Waals surface area contributed by atoms with Crippen molar-refractivity contribution in [1.82, 2.24) is 10.2 Å². The van der Waals surface area contributed by atoms with E-state index in [2.05, 4.69) is 39.9 Å². The molecule has 0 amide bonds. The van der Waals surface area contributed by atoms with Crippen LogP contribution in [0.3, 0.4) is 0 Å². The number of aromatic hydroxyl groups is 1. The topological polar surface area (TPSA) is 58.5 Å². The molecule has 1 N–H and O–H groups in total. The van der Waals surface area contributed by atoms with Crippen molar-refractivity contribution in [2.24, 2.45) is 0 Å². The van der Waals surface area contributed by atoms with E-state index >= 15 is 0 Å². The Balaban J connectivity index is 1.34. The smallest absolute Gasteiger partial charge is 0.151 e. The van der Waals surface area contributed by atoms with Crippen molar-refractivity contribution in [3.8, 4) is 23.3 Å². The zero-order chi connectivity index (χ0) is 20.1. The molecule has 5 nitrogen and oxygen atoms in total. The lowest BCUT2D eigenvalue weighted by Crippen LogP contribution is -2.38. The summed E-state index contributed by atoms with van der Waals surface area (Å²) >= 11 is 0. The van der Waals surface area contributed by atoms with Gasteiger partial charge in [0.25, 0.3) is 0 Å². The summed E-state index contributed by atoms with van der Waals surface area (Å²) in [5.74, 6) is 8.01. The molecule has 1 aliphatic heterocycles. The van der Waals surface area contributed by atoms with E-state index in [1.807, 2.05) is 36.4 Å². The molecular formula is C24H23N3O2. The fraction of sp³-hybridized carbons (Fsp3) is 0.250. The van der Waals surface area contributed by atoms with Crippen molar-refractivity contribution in [2.45, 2.75) is 25.9 Å². The van der Waals surface area contributed by atoms with E-state index in [1.54, 1.807) is 18.2 Å². The monoisotopic (exact) mass is 385 g/mol. The molecule has 4 rings (SSSR count). The lowest BCUT2D eigenvalue weighted by Gasteiger charge is -2.32. The number of para-hydroxylation sites is 1. The third-order valence-electron chi connectivity index (χ3n) is 4.98. The lowest BCUT2D eigenvalue weighted by atomic mass is 10.1. The Morgan fingerprint density at radius 3 is 2.52 bits per heavy atom. The van der Waals surface area contributed by atoms with Gasteiger partial charge >= 0.3 is 0 Å². The van der Waals surface area contributed by atoms with Gasteiger partial charge in [-0.3, -0.25) is 0 Å². The van der Waals surface area contributed by atoms with Gasteiger partial charge in [-0.1, -0.05) is 30.2 Å². The van der Waals surface area contributed by atoms with Crippen LogP contribution in [0.2, 0.25) is 0 Å². The molecule has 0 spiro atoms. The quantitative estimate of drug-likeness (QED) is 0.692. The largest absolute Gasteiger partial charge is 0.508 e. The van der Waals surface area contributed by atoms with Crippen LogP contribution < -0.4 is 9.64 Å². The summed E-state index contributed by atoms with van der Waals surface area (Å²) in [7, 11) is 0. The molecule has 1 saturated heterocycles. The number of benzene rings is 2. The van der Waals surface area contributed by atoms with Crippen LogP contribution in [0.1, 0.15) is 29.7 Å². The SMILES string of the molecule is Cc1ccccc1OC1CCN(c2ccc(C#Cc3cccc(O)c3)nn2)CC1. The first-order chi connectivity index (χ1) is 14.2. The minimum absolute atomic E-state index is 0.202. The second-order valence-electron chi connectivity index (χ2n) is 7.15. The summed E-state index contributed by atoms with van der Waals surface area (Å²) in [5, 5.41) is 18.1. The van der Waals surface area contributed by atoms with E-state index in [1.165, 1.54) is 5.56 Å². The molecule has 0 atom stereocenters. The maximum absolute atomic E-state index is 9.50.